The summed E-state index contributed by atoms with van der Waals surface area (Å²) in [5, 5.41) is 10.6. The Morgan fingerprint density at radius 2 is 1.96 bits per heavy atom. The van der Waals surface area contributed by atoms with Crippen molar-refractivity contribution >= 4 is 33.7 Å². The van der Waals surface area contributed by atoms with E-state index in [2.05, 4.69) is 20.5 Å². The highest BCUT2D eigenvalue weighted by Crippen LogP contribution is 2.18. The summed E-state index contributed by atoms with van der Waals surface area (Å²) in [6.07, 6.45) is 1.55. The van der Waals surface area contributed by atoms with Gasteiger partial charge in [-0.3, -0.25) is 19.0 Å². The largest absolute Gasteiger partial charge is 0.329 e. The summed E-state index contributed by atoms with van der Waals surface area (Å²) in [6, 6.07) is 9.28. The van der Waals surface area contributed by atoms with Gasteiger partial charge in [0.25, 0.3) is 0 Å². The molecule has 0 radical (unpaired) electrons. The summed E-state index contributed by atoms with van der Waals surface area (Å²) in [5.41, 5.74) is 3.43. The molecule has 1 amide bonds. The number of rotatable bonds is 4. The van der Waals surface area contributed by atoms with Gasteiger partial charge in [-0.25, -0.2) is 9.78 Å². The minimum atomic E-state index is -0.284. The van der Waals surface area contributed by atoms with Crippen LogP contribution in [0.15, 0.2) is 41.3 Å². The predicted molar refractivity (Wildman–Crippen MR) is 99.1 cm³/mol. The number of carbonyl (C=O) groups excluding carboxylic acids is 1. The Morgan fingerprint density at radius 3 is 2.69 bits per heavy atom. The fourth-order valence-electron chi connectivity index (χ4n) is 3.16. The number of aromatic nitrogens is 5. The number of aromatic amines is 1. The number of carbonyl (C=O) groups is 1. The highest BCUT2D eigenvalue weighted by Gasteiger charge is 2.15. The van der Waals surface area contributed by atoms with Crippen LogP contribution in [0.1, 0.15) is 12.6 Å². The number of H-pyrrole nitrogens is 1. The number of aryl methyl sites for hydroxylation is 2. The van der Waals surface area contributed by atoms with Crippen molar-refractivity contribution in [2.45, 2.75) is 26.9 Å². The quantitative estimate of drug-likeness (QED) is 0.588. The van der Waals surface area contributed by atoms with Gasteiger partial charge in [-0.1, -0.05) is 12.1 Å². The third kappa shape index (κ3) is 2.55. The number of hydrogen-bond acceptors (Lipinski definition) is 4. The van der Waals surface area contributed by atoms with Gasteiger partial charge in [0.15, 0.2) is 5.65 Å². The summed E-state index contributed by atoms with van der Waals surface area (Å²) in [5.74, 6) is -0.284. The van der Waals surface area contributed by atoms with Crippen LogP contribution in [0.4, 0.5) is 5.69 Å². The molecule has 0 aliphatic heterocycles. The molecule has 0 saturated carbocycles. The Kier molecular flexibility index (Phi) is 3.80. The lowest BCUT2D eigenvalue weighted by atomic mass is 10.2. The van der Waals surface area contributed by atoms with Crippen molar-refractivity contribution in [3.63, 3.8) is 0 Å². The summed E-state index contributed by atoms with van der Waals surface area (Å²) < 4.78 is 3.15. The second-order valence-corrected chi connectivity index (χ2v) is 6.09. The Balaban J connectivity index is 1.64. The lowest BCUT2D eigenvalue weighted by Crippen LogP contribution is -2.29. The molecule has 8 heteroatoms. The maximum atomic E-state index is 12.6. The van der Waals surface area contributed by atoms with Crippen molar-refractivity contribution in [1.29, 1.82) is 0 Å². The molecule has 3 heterocycles. The van der Waals surface area contributed by atoms with Crippen LogP contribution in [-0.4, -0.2) is 30.2 Å². The third-order valence-corrected chi connectivity index (χ3v) is 4.43. The van der Waals surface area contributed by atoms with Gasteiger partial charge in [0.1, 0.15) is 6.54 Å². The Labute approximate surface area is 148 Å². The van der Waals surface area contributed by atoms with Crippen molar-refractivity contribution in [2.75, 3.05) is 5.32 Å². The zero-order valence-electron chi connectivity index (χ0n) is 14.5. The van der Waals surface area contributed by atoms with E-state index in [1.807, 2.05) is 44.2 Å². The Bertz CT molecular complexity index is 1180. The van der Waals surface area contributed by atoms with Crippen molar-refractivity contribution in [3.8, 4) is 0 Å². The number of nitrogens with zero attached hydrogens (tertiary/aromatic N) is 4. The van der Waals surface area contributed by atoms with Crippen molar-refractivity contribution in [1.82, 2.24) is 24.3 Å². The molecule has 0 aliphatic rings. The number of amides is 1. The highest BCUT2D eigenvalue weighted by molar-refractivity contribution is 5.93. The van der Waals surface area contributed by atoms with E-state index in [0.29, 0.717) is 17.9 Å². The van der Waals surface area contributed by atoms with Crippen molar-refractivity contribution in [2.24, 2.45) is 0 Å². The van der Waals surface area contributed by atoms with Crippen LogP contribution in [0, 0.1) is 6.92 Å². The molecular weight excluding hydrogens is 332 g/mol. The van der Waals surface area contributed by atoms with Crippen molar-refractivity contribution < 1.29 is 4.79 Å². The van der Waals surface area contributed by atoms with Crippen LogP contribution >= 0.6 is 0 Å². The summed E-state index contributed by atoms with van der Waals surface area (Å²) in [7, 11) is 0. The number of hydrogen-bond donors (Lipinski definition) is 2. The molecule has 0 fully saturated rings. The molecule has 2 N–H and O–H groups in total. The van der Waals surface area contributed by atoms with Crippen LogP contribution in [0.2, 0.25) is 0 Å². The minimum absolute atomic E-state index is 0.0608. The molecule has 4 aromatic rings. The molecule has 0 bridgehead atoms. The van der Waals surface area contributed by atoms with E-state index in [9.17, 15) is 9.59 Å². The van der Waals surface area contributed by atoms with Gasteiger partial charge in [-0.15, -0.1) is 0 Å². The topological polar surface area (TPSA) is 97.6 Å². The lowest BCUT2D eigenvalue weighted by molar-refractivity contribution is -0.116. The lowest BCUT2D eigenvalue weighted by Gasteiger charge is -2.06. The highest BCUT2D eigenvalue weighted by atomic mass is 16.2. The molecule has 26 heavy (non-hydrogen) atoms. The first kappa shape index (κ1) is 16.1. The van der Waals surface area contributed by atoms with Gasteiger partial charge in [0.2, 0.25) is 5.91 Å². The van der Waals surface area contributed by atoms with Crippen LogP contribution < -0.4 is 11.0 Å². The zero-order valence-corrected chi connectivity index (χ0v) is 14.5. The van der Waals surface area contributed by atoms with Crippen LogP contribution in [0.25, 0.3) is 22.1 Å². The summed E-state index contributed by atoms with van der Waals surface area (Å²) >= 11 is 0. The Morgan fingerprint density at radius 1 is 1.23 bits per heavy atom. The number of anilines is 1. The molecule has 3 aromatic heterocycles. The molecule has 0 aliphatic carbocycles. The molecule has 0 saturated heterocycles. The number of pyridine rings is 1. The fourth-order valence-corrected chi connectivity index (χ4v) is 3.16. The van der Waals surface area contributed by atoms with Gasteiger partial charge >= 0.3 is 5.69 Å². The smallest absolute Gasteiger partial charge is 0.323 e. The van der Waals surface area contributed by atoms with E-state index >= 15 is 0 Å². The molecule has 4 rings (SSSR count). The molecule has 8 nitrogen and oxygen atoms in total. The molecule has 0 atom stereocenters. The average molecular weight is 350 g/mol. The van der Waals surface area contributed by atoms with Gasteiger partial charge in [-0.05, 0) is 32.0 Å². The van der Waals surface area contributed by atoms with E-state index in [0.717, 1.165) is 22.1 Å². The standard InChI is InChI=1S/C18H18N6O2/c1-3-23-14-6-4-5-7-15(14)24(18(23)26)10-16(25)20-12-8-13-11(2)21-22-17(13)19-9-12/h4-9H,3,10H2,1-2H3,(H,20,25)(H,19,21,22). The number of nitrogens with one attached hydrogen (secondary N) is 2. The van der Waals surface area contributed by atoms with Gasteiger partial charge < -0.3 is 5.32 Å². The van der Waals surface area contributed by atoms with Crippen LogP contribution in [-0.2, 0) is 17.9 Å². The molecule has 132 valence electrons. The van der Waals surface area contributed by atoms with E-state index < -0.39 is 0 Å². The number of para-hydroxylation sites is 2. The number of fused-ring (bicyclic) bond motifs is 2. The number of imidazole rings is 1. The second-order valence-electron chi connectivity index (χ2n) is 6.09. The fraction of sp³-hybridized carbons (Fsp3) is 0.222. The van der Waals surface area contributed by atoms with Gasteiger partial charge in [-0.2, -0.15) is 5.10 Å². The first-order chi connectivity index (χ1) is 12.6. The van der Waals surface area contributed by atoms with Crippen LogP contribution in [0.3, 0.4) is 0 Å². The van der Waals surface area contributed by atoms with Crippen LogP contribution in [0.5, 0.6) is 0 Å². The van der Waals surface area contributed by atoms with E-state index in [1.54, 1.807) is 10.8 Å². The number of benzene rings is 1. The average Bonchev–Trinajstić information content (AvgIpc) is 3.13. The first-order valence-electron chi connectivity index (χ1n) is 8.37. The molecular formula is C18H18N6O2. The van der Waals surface area contributed by atoms with Crippen molar-refractivity contribution in [3.05, 3.63) is 52.7 Å². The van der Waals surface area contributed by atoms with Gasteiger partial charge in [0.05, 0.1) is 22.9 Å². The molecule has 0 unspecified atom stereocenters. The van der Waals surface area contributed by atoms with E-state index in [1.165, 1.54) is 4.57 Å². The minimum Gasteiger partial charge on any atom is -0.323 e. The Hall–Kier alpha value is -3.42. The summed E-state index contributed by atoms with van der Waals surface area (Å²) in [6.45, 7) is 4.29. The molecule has 0 spiro atoms. The molecule has 1 aromatic carbocycles. The normalized spacial score (nSPS) is 11.3. The monoisotopic (exact) mass is 350 g/mol. The van der Waals surface area contributed by atoms with E-state index in [4.69, 9.17) is 0 Å². The first-order valence-corrected chi connectivity index (χ1v) is 8.37. The third-order valence-electron chi connectivity index (χ3n) is 4.43. The SMILES string of the molecule is CCn1c(=O)n(CC(=O)Nc2cnc3n[nH]c(C)c3c2)c2ccccc21. The maximum absolute atomic E-state index is 12.6. The second kappa shape index (κ2) is 6.14. The van der Waals surface area contributed by atoms with Gasteiger partial charge in [0, 0.05) is 17.6 Å². The predicted octanol–water partition coefficient (Wildman–Crippen LogP) is 2.04. The summed E-state index contributed by atoms with van der Waals surface area (Å²) in [4.78, 5) is 29.3. The van der Waals surface area contributed by atoms with E-state index in [-0.39, 0.29) is 18.1 Å². The zero-order chi connectivity index (χ0) is 18.3. The maximum Gasteiger partial charge on any atom is 0.329 e.